The molecule has 1 rings (SSSR count). The quantitative estimate of drug-likeness (QED) is 0.688. The van der Waals surface area contributed by atoms with Gasteiger partial charge in [0.15, 0.2) is 0 Å². The minimum Gasteiger partial charge on any atom is -0.369 e. The highest BCUT2D eigenvalue weighted by atomic mass is 19.1. The molecule has 0 atom stereocenters. The lowest BCUT2D eigenvalue weighted by Crippen LogP contribution is -2.08. The molecule has 1 aromatic rings. The Morgan fingerprint density at radius 1 is 1.40 bits per heavy atom. The molecule has 0 fully saturated rings. The van der Waals surface area contributed by atoms with Crippen LogP contribution in [0.2, 0.25) is 0 Å². The molecule has 4 heteroatoms. The molecule has 0 radical (unpaired) electrons. The Kier molecular flexibility index (Phi) is 3.43. The van der Waals surface area contributed by atoms with E-state index in [1.807, 2.05) is 6.07 Å². The zero-order chi connectivity index (χ0) is 11.3. The molecule has 15 heavy (non-hydrogen) atoms. The molecule has 3 nitrogen and oxygen atoms in total. The molecule has 0 saturated carbocycles. The fraction of sp³-hybridized carbons (Fsp3) is 0.0909. The molecular weight excluding hydrogens is 195 g/mol. The highest BCUT2D eigenvalue weighted by Gasteiger charge is 1.97. The zero-order valence-electron chi connectivity index (χ0n) is 7.75. The molecule has 0 bridgehead atoms. The molecule has 0 aromatic heterocycles. The Labute approximate surface area is 86.3 Å². The van der Waals surface area contributed by atoms with Crippen LogP contribution in [0.3, 0.4) is 0 Å². The molecule has 1 amide bonds. The van der Waals surface area contributed by atoms with Crippen molar-refractivity contribution in [2.45, 2.75) is 6.42 Å². The lowest BCUT2D eigenvalue weighted by molar-refractivity contribution is -0.117. The summed E-state index contributed by atoms with van der Waals surface area (Å²) in [5.74, 6) is 3.96. The average Bonchev–Trinajstić information content (AvgIpc) is 2.16. The van der Waals surface area contributed by atoms with E-state index in [4.69, 9.17) is 11.0 Å². The number of halogens is 1. The van der Waals surface area contributed by atoms with E-state index in [1.54, 1.807) is 0 Å². The number of hydrogen-bond acceptors (Lipinski definition) is 2. The first kappa shape index (κ1) is 10.7. The molecule has 0 spiro atoms. The van der Waals surface area contributed by atoms with Crippen LogP contribution < -0.4 is 5.73 Å². The summed E-state index contributed by atoms with van der Waals surface area (Å²) in [6.45, 7) is 0. The number of nitrogens with zero attached hydrogens (tertiary/aromatic N) is 1. The smallest absolute Gasteiger partial charge is 0.229 e. The number of amides is 1. The van der Waals surface area contributed by atoms with E-state index in [-0.39, 0.29) is 12.0 Å². The number of carbonyl (C=O) groups is 1. The predicted molar refractivity (Wildman–Crippen MR) is 51.8 cm³/mol. The number of carbonyl (C=O) groups excluding carboxylic acids is 1. The largest absolute Gasteiger partial charge is 0.369 e. The van der Waals surface area contributed by atoms with Crippen LogP contribution in [0.25, 0.3) is 0 Å². The van der Waals surface area contributed by atoms with Gasteiger partial charge in [-0.2, -0.15) is 5.26 Å². The minimum atomic E-state index is -0.542. The first-order valence-corrected chi connectivity index (χ1v) is 4.09. The fourth-order valence-corrected chi connectivity index (χ4v) is 0.960. The van der Waals surface area contributed by atoms with Crippen LogP contribution in [0.4, 0.5) is 4.39 Å². The van der Waals surface area contributed by atoms with Crippen molar-refractivity contribution in [2.75, 3.05) is 0 Å². The molecule has 0 aliphatic carbocycles. The van der Waals surface area contributed by atoms with Crippen LogP contribution >= 0.6 is 0 Å². The molecule has 0 aliphatic heterocycles. The Morgan fingerprint density at radius 2 is 2.07 bits per heavy atom. The number of nitrogens with two attached hydrogens (primary N) is 1. The van der Waals surface area contributed by atoms with Crippen LogP contribution in [0.5, 0.6) is 0 Å². The lowest BCUT2D eigenvalue weighted by atomic mass is 10.1. The summed E-state index contributed by atoms with van der Waals surface area (Å²) in [5, 5.41) is 8.56. The van der Waals surface area contributed by atoms with Gasteiger partial charge in [0.05, 0.1) is 18.1 Å². The first-order chi connectivity index (χ1) is 7.11. The van der Waals surface area contributed by atoms with E-state index in [9.17, 15) is 9.18 Å². The van der Waals surface area contributed by atoms with Crippen LogP contribution in [-0.2, 0) is 4.79 Å². The van der Waals surface area contributed by atoms with E-state index in [0.717, 1.165) is 6.07 Å². The lowest BCUT2D eigenvalue weighted by Gasteiger charge is -1.92. The number of nitriles is 1. The third kappa shape index (κ3) is 3.50. The standard InChI is InChI=1S/C11H7FN2O/c12-10-5-8(2-1-3-11(14)15)4-9(6-10)7-13/h4-6H,3H2,(H2,14,15). The maximum absolute atomic E-state index is 12.9. The summed E-state index contributed by atoms with van der Waals surface area (Å²) in [7, 11) is 0. The van der Waals surface area contributed by atoms with Crippen molar-refractivity contribution in [3.8, 4) is 17.9 Å². The summed E-state index contributed by atoms with van der Waals surface area (Å²) in [4.78, 5) is 10.4. The molecule has 0 aliphatic rings. The van der Waals surface area contributed by atoms with Gasteiger partial charge in [0.1, 0.15) is 5.82 Å². The van der Waals surface area contributed by atoms with Crippen molar-refractivity contribution in [3.63, 3.8) is 0 Å². The van der Waals surface area contributed by atoms with Gasteiger partial charge < -0.3 is 5.73 Å². The van der Waals surface area contributed by atoms with Crippen LogP contribution in [0.1, 0.15) is 17.5 Å². The highest BCUT2D eigenvalue weighted by molar-refractivity contribution is 5.76. The summed E-state index contributed by atoms with van der Waals surface area (Å²) < 4.78 is 12.9. The fourth-order valence-electron chi connectivity index (χ4n) is 0.960. The van der Waals surface area contributed by atoms with Gasteiger partial charge in [-0.15, -0.1) is 0 Å². The van der Waals surface area contributed by atoms with Crippen LogP contribution in [0.15, 0.2) is 18.2 Å². The Hall–Kier alpha value is -2.33. The molecule has 0 saturated heterocycles. The molecule has 0 heterocycles. The molecule has 1 aromatic carbocycles. The summed E-state index contributed by atoms with van der Waals surface area (Å²) >= 11 is 0. The van der Waals surface area contributed by atoms with Gasteiger partial charge in [-0.05, 0) is 18.2 Å². The van der Waals surface area contributed by atoms with E-state index >= 15 is 0 Å². The third-order valence-electron chi connectivity index (χ3n) is 1.52. The van der Waals surface area contributed by atoms with E-state index in [2.05, 4.69) is 11.8 Å². The summed E-state index contributed by atoms with van der Waals surface area (Å²) in [5.41, 5.74) is 5.42. The number of primary amides is 1. The van der Waals surface area contributed by atoms with E-state index < -0.39 is 11.7 Å². The topological polar surface area (TPSA) is 66.9 Å². The second kappa shape index (κ2) is 4.78. The first-order valence-electron chi connectivity index (χ1n) is 4.09. The number of rotatable bonds is 1. The van der Waals surface area contributed by atoms with Crippen molar-refractivity contribution in [3.05, 3.63) is 35.1 Å². The minimum absolute atomic E-state index is 0.0849. The maximum Gasteiger partial charge on any atom is 0.229 e. The van der Waals surface area contributed by atoms with Gasteiger partial charge in [0, 0.05) is 5.56 Å². The summed E-state index contributed by atoms with van der Waals surface area (Å²) in [6.07, 6.45) is -0.0849. The van der Waals surface area contributed by atoms with E-state index in [0.29, 0.717) is 5.56 Å². The summed E-state index contributed by atoms with van der Waals surface area (Å²) in [6, 6.07) is 5.55. The van der Waals surface area contributed by atoms with Gasteiger partial charge in [0.25, 0.3) is 0 Å². The van der Waals surface area contributed by atoms with Crippen LogP contribution in [0, 0.1) is 29.0 Å². The number of benzene rings is 1. The monoisotopic (exact) mass is 202 g/mol. The van der Waals surface area contributed by atoms with Crippen molar-refractivity contribution in [1.29, 1.82) is 5.26 Å². The van der Waals surface area contributed by atoms with Gasteiger partial charge in [0.2, 0.25) is 5.91 Å². The zero-order valence-corrected chi connectivity index (χ0v) is 7.75. The normalized spacial score (nSPS) is 8.53. The highest BCUT2D eigenvalue weighted by Crippen LogP contribution is 2.07. The maximum atomic E-state index is 12.9. The molecular formula is C11H7FN2O. The van der Waals surface area contributed by atoms with Gasteiger partial charge >= 0.3 is 0 Å². The van der Waals surface area contributed by atoms with Crippen molar-refractivity contribution in [2.24, 2.45) is 5.73 Å². The van der Waals surface area contributed by atoms with E-state index in [1.165, 1.54) is 12.1 Å². The van der Waals surface area contributed by atoms with Crippen molar-refractivity contribution >= 4 is 5.91 Å². The molecule has 2 N–H and O–H groups in total. The molecule has 0 unspecified atom stereocenters. The van der Waals surface area contributed by atoms with Crippen LogP contribution in [-0.4, -0.2) is 5.91 Å². The number of hydrogen-bond donors (Lipinski definition) is 1. The SMILES string of the molecule is N#Cc1cc(F)cc(C#CCC(N)=O)c1. The third-order valence-corrected chi connectivity index (χ3v) is 1.52. The predicted octanol–water partition coefficient (Wildman–Crippen LogP) is 0.924. The second-order valence-electron chi connectivity index (χ2n) is 2.79. The van der Waals surface area contributed by atoms with Gasteiger partial charge in [-0.25, -0.2) is 4.39 Å². The Morgan fingerprint density at radius 3 is 2.67 bits per heavy atom. The molecule has 74 valence electrons. The Balaban J connectivity index is 2.94. The van der Waals surface area contributed by atoms with Crippen molar-refractivity contribution in [1.82, 2.24) is 0 Å². The average molecular weight is 202 g/mol. The second-order valence-corrected chi connectivity index (χ2v) is 2.79. The van der Waals surface area contributed by atoms with Gasteiger partial charge in [-0.3, -0.25) is 4.79 Å². The Bertz CT molecular complexity index is 492. The van der Waals surface area contributed by atoms with Crippen molar-refractivity contribution < 1.29 is 9.18 Å². The van der Waals surface area contributed by atoms with Gasteiger partial charge in [-0.1, -0.05) is 11.8 Å².